The molecule has 2 aromatic rings. The fourth-order valence-electron chi connectivity index (χ4n) is 5.56. The summed E-state index contributed by atoms with van der Waals surface area (Å²) in [6.45, 7) is 3.91. The van der Waals surface area contributed by atoms with Gasteiger partial charge in [-0.25, -0.2) is 0 Å². The molecule has 3 aliphatic heterocycles. The van der Waals surface area contributed by atoms with Gasteiger partial charge < -0.3 is 10.2 Å². The van der Waals surface area contributed by atoms with Crippen LogP contribution in [0.15, 0.2) is 48.5 Å². The van der Waals surface area contributed by atoms with Gasteiger partial charge in [-0.3, -0.25) is 4.79 Å². The molecule has 28 heavy (non-hydrogen) atoms. The molecule has 4 aliphatic rings. The number of carbonyl (C=O) groups excluding carboxylic acids is 1. The maximum Gasteiger partial charge on any atom is 0.225 e. The SMILES string of the molecule is Cc1ccccc1-c1ccc(C2C3CN(C(=O)C4CCCCC4)CC2N3)cc1. The number of aryl methyl sites for hydroxylation is 1. The average molecular weight is 375 g/mol. The van der Waals surface area contributed by atoms with Gasteiger partial charge in [-0.05, 0) is 42.0 Å². The van der Waals surface area contributed by atoms with Gasteiger partial charge in [0.1, 0.15) is 0 Å². The number of fused-ring (bicyclic) bond motifs is 2. The zero-order valence-electron chi connectivity index (χ0n) is 16.7. The molecular formula is C25H30N2O. The van der Waals surface area contributed by atoms with Crippen LogP contribution >= 0.6 is 0 Å². The van der Waals surface area contributed by atoms with Crippen molar-refractivity contribution in [3.8, 4) is 11.1 Å². The third kappa shape index (κ3) is 3.16. The topological polar surface area (TPSA) is 32.3 Å². The van der Waals surface area contributed by atoms with Crippen LogP contribution in [0.1, 0.15) is 49.1 Å². The Balaban J connectivity index is 1.27. The van der Waals surface area contributed by atoms with Gasteiger partial charge in [-0.15, -0.1) is 0 Å². The summed E-state index contributed by atoms with van der Waals surface area (Å²) in [5, 5.41) is 3.68. The monoisotopic (exact) mass is 374 g/mol. The normalized spacial score (nSPS) is 27.3. The minimum Gasteiger partial charge on any atom is -0.339 e. The number of carbonyl (C=O) groups is 1. The fourth-order valence-corrected chi connectivity index (χ4v) is 5.56. The minimum absolute atomic E-state index is 0.290. The predicted molar refractivity (Wildman–Crippen MR) is 113 cm³/mol. The molecule has 3 nitrogen and oxygen atoms in total. The van der Waals surface area contributed by atoms with Gasteiger partial charge in [0.05, 0.1) is 0 Å². The summed E-state index contributed by atoms with van der Waals surface area (Å²) < 4.78 is 0. The molecule has 4 fully saturated rings. The molecular weight excluding hydrogens is 344 g/mol. The number of rotatable bonds is 3. The zero-order chi connectivity index (χ0) is 19.1. The molecule has 2 aromatic carbocycles. The first-order chi connectivity index (χ1) is 13.7. The summed E-state index contributed by atoms with van der Waals surface area (Å²) >= 11 is 0. The maximum absolute atomic E-state index is 12.9. The Morgan fingerprint density at radius 3 is 2.29 bits per heavy atom. The van der Waals surface area contributed by atoms with Crippen LogP contribution in [0.3, 0.4) is 0 Å². The first-order valence-electron chi connectivity index (χ1n) is 10.9. The van der Waals surface area contributed by atoms with E-state index in [-0.39, 0.29) is 5.92 Å². The van der Waals surface area contributed by atoms with E-state index in [9.17, 15) is 4.79 Å². The second-order valence-electron chi connectivity index (χ2n) is 8.92. The quantitative estimate of drug-likeness (QED) is 0.857. The molecule has 2 bridgehead atoms. The standard InChI is InChI=1S/C25H30N2O/c1-17-7-5-6-10-21(17)18-11-13-19(14-12-18)24-22-15-27(16-23(24)26-22)25(28)20-8-3-2-4-9-20/h5-7,10-14,20,22-24,26H,2-4,8-9,15-16H2,1H3. The Morgan fingerprint density at radius 2 is 1.61 bits per heavy atom. The smallest absolute Gasteiger partial charge is 0.225 e. The van der Waals surface area contributed by atoms with Crippen LogP contribution in [0, 0.1) is 12.8 Å². The lowest BCUT2D eigenvalue weighted by atomic mass is 9.73. The molecule has 0 spiro atoms. The number of nitrogens with one attached hydrogen (secondary N) is 1. The van der Waals surface area contributed by atoms with Crippen molar-refractivity contribution in [3.05, 3.63) is 59.7 Å². The van der Waals surface area contributed by atoms with Crippen LogP contribution in [-0.4, -0.2) is 36.0 Å². The molecule has 1 amide bonds. The van der Waals surface area contributed by atoms with E-state index in [4.69, 9.17) is 0 Å². The van der Waals surface area contributed by atoms with E-state index in [2.05, 4.69) is 65.7 Å². The Bertz CT molecular complexity index is 841. The summed E-state index contributed by atoms with van der Waals surface area (Å²) in [6, 6.07) is 18.5. The van der Waals surface area contributed by atoms with Crippen LogP contribution in [-0.2, 0) is 4.79 Å². The first kappa shape index (κ1) is 17.9. The Labute approximate surface area is 168 Å². The molecule has 1 N–H and O–H groups in total. The van der Waals surface area contributed by atoms with Gasteiger partial charge in [-0.1, -0.05) is 67.8 Å². The molecule has 2 unspecified atom stereocenters. The van der Waals surface area contributed by atoms with Crippen molar-refractivity contribution >= 4 is 5.91 Å². The van der Waals surface area contributed by atoms with E-state index < -0.39 is 0 Å². The molecule has 0 aromatic heterocycles. The molecule has 0 radical (unpaired) electrons. The molecule has 1 aliphatic carbocycles. The number of nitrogens with zero attached hydrogens (tertiary/aromatic N) is 1. The highest BCUT2D eigenvalue weighted by Crippen LogP contribution is 2.39. The zero-order valence-corrected chi connectivity index (χ0v) is 16.7. The summed E-state index contributed by atoms with van der Waals surface area (Å²) in [4.78, 5) is 15.0. The van der Waals surface area contributed by atoms with Crippen molar-refractivity contribution in [2.45, 2.75) is 57.0 Å². The second-order valence-corrected chi connectivity index (χ2v) is 8.92. The summed E-state index contributed by atoms with van der Waals surface area (Å²) in [7, 11) is 0. The fraction of sp³-hybridized carbons (Fsp3) is 0.480. The third-order valence-electron chi connectivity index (χ3n) is 7.15. The maximum atomic E-state index is 12.9. The van der Waals surface area contributed by atoms with Crippen LogP contribution < -0.4 is 5.32 Å². The first-order valence-corrected chi connectivity index (χ1v) is 10.9. The van der Waals surface area contributed by atoms with Crippen LogP contribution in [0.25, 0.3) is 11.1 Å². The highest BCUT2D eigenvalue weighted by molar-refractivity contribution is 5.79. The van der Waals surface area contributed by atoms with Crippen LogP contribution in [0.5, 0.6) is 0 Å². The van der Waals surface area contributed by atoms with Crippen molar-refractivity contribution in [3.63, 3.8) is 0 Å². The number of amides is 1. The van der Waals surface area contributed by atoms with Crippen molar-refractivity contribution in [2.24, 2.45) is 5.92 Å². The highest BCUT2D eigenvalue weighted by Gasteiger charge is 2.48. The van der Waals surface area contributed by atoms with Gasteiger partial charge in [0.2, 0.25) is 5.91 Å². The van der Waals surface area contributed by atoms with Gasteiger partial charge in [0.15, 0.2) is 0 Å². The molecule has 3 heteroatoms. The molecule has 6 rings (SSSR count). The molecule has 3 saturated heterocycles. The van der Waals surface area contributed by atoms with E-state index in [1.807, 2.05) is 0 Å². The van der Waals surface area contributed by atoms with Gasteiger partial charge in [0, 0.05) is 37.0 Å². The summed E-state index contributed by atoms with van der Waals surface area (Å²) in [5.41, 5.74) is 5.32. The molecule has 2 atom stereocenters. The Morgan fingerprint density at radius 1 is 0.929 bits per heavy atom. The van der Waals surface area contributed by atoms with Crippen molar-refractivity contribution in [1.29, 1.82) is 0 Å². The lowest BCUT2D eigenvalue weighted by molar-refractivity contribution is -0.141. The largest absolute Gasteiger partial charge is 0.339 e. The van der Waals surface area contributed by atoms with E-state index in [1.54, 1.807) is 0 Å². The predicted octanol–water partition coefficient (Wildman–Crippen LogP) is 4.51. The van der Waals surface area contributed by atoms with Crippen molar-refractivity contribution in [2.75, 3.05) is 13.1 Å². The second kappa shape index (κ2) is 7.36. The lowest BCUT2D eigenvalue weighted by Gasteiger charge is -2.55. The van der Waals surface area contributed by atoms with Gasteiger partial charge in [0.25, 0.3) is 0 Å². The highest BCUT2D eigenvalue weighted by atomic mass is 16.2. The lowest BCUT2D eigenvalue weighted by Crippen LogP contribution is -2.72. The Kier molecular flexibility index (Phi) is 4.72. The third-order valence-corrected chi connectivity index (χ3v) is 7.15. The van der Waals surface area contributed by atoms with Gasteiger partial charge in [-0.2, -0.15) is 0 Å². The molecule has 1 saturated carbocycles. The average Bonchev–Trinajstić information content (AvgIpc) is 2.75. The summed E-state index contributed by atoms with van der Waals surface area (Å²) in [5.74, 6) is 1.25. The molecule has 146 valence electrons. The van der Waals surface area contributed by atoms with Crippen LogP contribution in [0.2, 0.25) is 0 Å². The Hall–Kier alpha value is -2.13. The molecule has 3 heterocycles. The van der Waals surface area contributed by atoms with Gasteiger partial charge >= 0.3 is 0 Å². The number of benzene rings is 2. The number of piperazine rings is 1. The summed E-state index contributed by atoms with van der Waals surface area (Å²) in [6.07, 6.45) is 5.96. The van der Waals surface area contributed by atoms with Crippen molar-refractivity contribution < 1.29 is 4.79 Å². The van der Waals surface area contributed by atoms with E-state index in [1.165, 1.54) is 41.5 Å². The van der Waals surface area contributed by atoms with E-state index in [0.29, 0.717) is 23.9 Å². The van der Waals surface area contributed by atoms with Crippen LogP contribution in [0.4, 0.5) is 0 Å². The van der Waals surface area contributed by atoms with E-state index >= 15 is 0 Å². The number of piperidine rings is 1. The van der Waals surface area contributed by atoms with Crippen molar-refractivity contribution in [1.82, 2.24) is 10.2 Å². The minimum atomic E-state index is 0.290. The number of hydrogen-bond donors (Lipinski definition) is 1. The van der Waals surface area contributed by atoms with E-state index in [0.717, 1.165) is 25.9 Å². The number of hydrogen-bond acceptors (Lipinski definition) is 2.